The quantitative estimate of drug-likeness (QED) is 0.669. The van der Waals surface area contributed by atoms with Gasteiger partial charge in [-0.25, -0.2) is 0 Å². The number of methoxy groups -OCH3 is 1. The first-order chi connectivity index (χ1) is 10.8. The first-order valence-corrected chi connectivity index (χ1v) is 7.83. The lowest BCUT2D eigenvalue weighted by atomic mass is 10.0. The van der Waals surface area contributed by atoms with Crippen molar-refractivity contribution >= 4 is 30.7 Å². The zero-order chi connectivity index (χ0) is 17.4. The largest absolute Gasteiger partial charge is 0.493 e. The minimum atomic E-state index is -0.495. The van der Waals surface area contributed by atoms with Crippen LogP contribution in [0.5, 0.6) is 11.5 Å². The van der Waals surface area contributed by atoms with Gasteiger partial charge < -0.3 is 25.4 Å². The molecule has 1 atom stereocenters. The van der Waals surface area contributed by atoms with E-state index >= 15 is 0 Å². The minimum Gasteiger partial charge on any atom is -0.493 e. The van der Waals surface area contributed by atoms with Crippen LogP contribution in [-0.4, -0.2) is 51.2 Å². The van der Waals surface area contributed by atoms with Gasteiger partial charge in [0, 0.05) is 13.1 Å². The zero-order valence-corrected chi connectivity index (χ0v) is 17.2. The number of ether oxygens (including phenoxy) is 2. The molecule has 8 heteroatoms. The highest BCUT2D eigenvalue weighted by Gasteiger charge is 2.16. The van der Waals surface area contributed by atoms with E-state index in [1.54, 1.807) is 7.11 Å². The van der Waals surface area contributed by atoms with Crippen LogP contribution in [0, 0.1) is 5.92 Å². The summed E-state index contributed by atoms with van der Waals surface area (Å²) in [6, 6.07) is 5.14. The van der Waals surface area contributed by atoms with Gasteiger partial charge in [-0.1, -0.05) is 19.9 Å². The van der Waals surface area contributed by atoms with Gasteiger partial charge in [-0.3, -0.25) is 4.79 Å². The maximum Gasteiger partial charge on any atom is 0.237 e. The zero-order valence-electron chi connectivity index (χ0n) is 15.6. The summed E-state index contributed by atoms with van der Waals surface area (Å²) in [4.78, 5) is 13.9. The van der Waals surface area contributed by atoms with Gasteiger partial charge in [0.25, 0.3) is 0 Å². The number of carbonyl (C=O) groups is 1. The van der Waals surface area contributed by atoms with Crippen molar-refractivity contribution in [1.82, 2.24) is 10.2 Å². The van der Waals surface area contributed by atoms with E-state index < -0.39 is 6.04 Å². The number of rotatable bonds is 9. The molecule has 0 heterocycles. The molecule has 0 aromatic heterocycles. The number of nitrogens with two attached hydrogens (primary N) is 1. The summed E-state index contributed by atoms with van der Waals surface area (Å²) in [7, 11) is 5.59. The number of nitrogens with one attached hydrogen (secondary N) is 1. The third kappa shape index (κ3) is 9.16. The molecule has 1 rings (SSSR count). The molecule has 0 fully saturated rings. The second kappa shape index (κ2) is 13.1. The summed E-state index contributed by atoms with van der Waals surface area (Å²) in [6.07, 6.45) is 0. The van der Waals surface area contributed by atoms with E-state index in [0.29, 0.717) is 24.7 Å². The summed E-state index contributed by atoms with van der Waals surface area (Å²) in [5.74, 6) is 1.31. The monoisotopic (exact) mass is 395 g/mol. The molecule has 25 heavy (non-hydrogen) atoms. The Kier molecular flexibility index (Phi) is 13.6. The molecule has 0 unspecified atom stereocenters. The van der Waals surface area contributed by atoms with Crippen molar-refractivity contribution in [1.29, 1.82) is 0 Å². The van der Waals surface area contributed by atoms with Crippen molar-refractivity contribution in [3.05, 3.63) is 23.8 Å². The van der Waals surface area contributed by atoms with Crippen molar-refractivity contribution in [2.24, 2.45) is 11.7 Å². The predicted octanol–water partition coefficient (Wildman–Crippen LogP) is 2.08. The average Bonchev–Trinajstić information content (AvgIpc) is 2.52. The molecule has 0 saturated heterocycles. The van der Waals surface area contributed by atoms with Crippen molar-refractivity contribution < 1.29 is 14.3 Å². The highest BCUT2D eigenvalue weighted by Crippen LogP contribution is 2.28. The summed E-state index contributed by atoms with van der Waals surface area (Å²) in [5, 5.41) is 2.84. The van der Waals surface area contributed by atoms with E-state index in [-0.39, 0.29) is 36.6 Å². The maximum absolute atomic E-state index is 11.9. The van der Waals surface area contributed by atoms with Crippen molar-refractivity contribution in [2.45, 2.75) is 26.4 Å². The Bertz CT molecular complexity index is 514. The molecule has 1 amide bonds. The van der Waals surface area contributed by atoms with Crippen LogP contribution in [0.15, 0.2) is 18.2 Å². The molecule has 0 aliphatic carbocycles. The van der Waals surface area contributed by atoms with Gasteiger partial charge in [0.2, 0.25) is 5.91 Å². The molecule has 0 radical (unpaired) electrons. The van der Waals surface area contributed by atoms with Crippen LogP contribution < -0.4 is 20.5 Å². The van der Waals surface area contributed by atoms with Gasteiger partial charge in [0.1, 0.15) is 6.61 Å². The summed E-state index contributed by atoms with van der Waals surface area (Å²) in [6.45, 7) is 5.67. The number of carbonyl (C=O) groups excluding carboxylic acids is 1. The van der Waals surface area contributed by atoms with E-state index in [1.165, 1.54) is 0 Å². The Hall–Kier alpha value is -1.21. The SMILES string of the molecule is COc1cc(CNC(=O)[C@@H](N)C(C)C)ccc1OCCN(C)C.Cl.Cl. The standard InChI is InChI=1S/C17H29N3O3.2ClH/c1-12(2)16(18)17(21)19-11-13-6-7-14(15(10-13)22-5)23-9-8-20(3)4;;/h6-7,10,12,16H,8-9,11,18H2,1-5H3,(H,19,21);2*1H/t16-;;/m0../s1. The lowest BCUT2D eigenvalue weighted by molar-refractivity contribution is -0.123. The molecule has 0 bridgehead atoms. The van der Waals surface area contributed by atoms with Crippen molar-refractivity contribution in [3.8, 4) is 11.5 Å². The predicted molar refractivity (Wildman–Crippen MR) is 106 cm³/mol. The van der Waals surface area contributed by atoms with E-state index in [1.807, 2.05) is 51.0 Å². The fourth-order valence-electron chi connectivity index (χ4n) is 1.89. The topological polar surface area (TPSA) is 76.8 Å². The molecular formula is C17H31Cl2N3O3. The van der Waals surface area contributed by atoms with E-state index in [4.69, 9.17) is 15.2 Å². The molecule has 0 saturated carbocycles. The third-order valence-electron chi connectivity index (χ3n) is 3.51. The fraction of sp³-hybridized carbons (Fsp3) is 0.588. The van der Waals surface area contributed by atoms with Crippen molar-refractivity contribution in [2.75, 3.05) is 34.4 Å². The second-order valence-electron chi connectivity index (χ2n) is 6.12. The molecule has 0 aliphatic heterocycles. The van der Waals surface area contributed by atoms with Crippen molar-refractivity contribution in [3.63, 3.8) is 0 Å². The molecule has 3 N–H and O–H groups in total. The number of likely N-dealkylation sites (N-methyl/N-ethyl adjacent to an activating group) is 1. The number of benzene rings is 1. The Balaban J connectivity index is 0. The lowest BCUT2D eigenvalue weighted by Crippen LogP contribution is -2.43. The van der Waals surface area contributed by atoms with Gasteiger partial charge in [-0.15, -0.1) is 24.8 Å². The Labute approximate surface area is 163 Å². The number of hydrogen-bond donors (Lipinski definition) is 2. The Morgan fingerprint density at radius 1 is 1.24 bits per heavy atom. The summed E-state index contributed by atoms with van der Waals surface area (Å²) < 4.78 is 11.1. The Morgan fingerprint density at radius 3 is 2.40 bits per heavy atom. The van der Waals surface area contributed by atoms with Crippen LogP contribution in [-0.2, 0) is 11.3 Å². The molecular weight excluding hydrogens is 365 g/mol. The van der Waals surface area contributed by atoms with Gasteiger partial charge in [-0.2, -0.15) is 0 Å². The first-order valence-electron chi connectivity index (χ1n) is 7.83. The van der Waals surface area contributed by atoms with Crippen LogP contribution in [0.1, 0.15) is 19.4 Å². The van der Waals surface area contributed by atoms with Crippen LogP contribution in [0.2, 0.25) is 0 Å². The van der Waals surface area contributed by atoms with Crippen LogP contribution in [0.4, 0.5) is 0 Å². The van der Waals surface area contributed by atoms with Gasteiger partial charge in [-0.05, 0) is 37.7 Å². The molecule has 1 aromatic carbocycles. The highest BCUT2D eigenvalue weighted by molar-refractivity contribution is 5.85. The molecule has 0 spiro atoms. The van der Waals surface area contributed by atoms with Gasteiger partial charge in [0.15, 0.2) is 11.5 Å². The highest BCUT2D eigenvalue weighted by atomic mass is 35.5. The Morgan fingerprint density at radius 2 is 1.88 bits per heavy atom. The maximum atomic E-state index is 11.9. The molecule has 1 aromatic rings. The smallest absolute Gasteiger partial charge is 0.237 e. The summed E-state index contributed by atoms with van der Waals surface area (Å²) >= 11 is 0. The summed E-state index contributed by atoms with van der Waals surface area (Å²) in [5.41, 5.74) is 6.76. The molecule has 0 aliphatic rings. The average molecular weight is 396 g/mol. The van der Waals surface area contributed by atoms with Crippen LogP contribution in [0.3, 0.4) is 0 Å². The minimum absolute atomic E-state index is 0. The first kappa shape index (κ1) is 26.0. The van der Waals surface area contributed by atoms with Gasteiger partial charge in [0.05, 0.1) is 13.2 Å². The normalized spacial score (nSPS) is 11.4. The van der Waals surface area contributed by atoms with E-state index in [0.717, 1.165) is 12.1 Å². The number of hydrogen-bond acceptors (Lipinski definition) is 5. The van der Waals surface area contributed by atoms with Crippen LogP contribution >= 0.6 is 24.8 Å². The molecule has 6 nitrogen and oxygen atoms in total. The molecule has 146 valence electrons. The van der Waals surface area contributed by atoms with Gasteiger partial charge >= 0.3 is 0 Å². The fourth-order valence-corrected chi connectivity index (χ4v) is 1.89. The number of nitrogens with zero attached hydrogens (tertiary/aromatic N) is 1. The van der Waals surface area contributed by atoms with E-state index in [9.17, 15) is 4.79 Å². The number of amides is 1. The number of halogens is 2. The lowest BCUT2D eigenvalue weighted by Gasteiger charge is -2.16. The van der Waals surface area contributed by atoms with Crippen LogP contribution in [0.25, 0.3) is 0 Å². The third-order valence-corrected chi connectivity index (χ3v) is 3.51. The van der Waals surface area contributed by atoms with E-state index in [2.05, 4.69) is 5.32 Å². The second-order valence-corrected chi connectivity index (χ2v) is 6.12.